The van der Waals surface area contributed by atoms with Crippen molar-refractivity contribution in [2.24, 2.45) is 17.8 Å². The lowest BCUT2D eigenvalue weighted by atomic mass is 9.95. The van der Waals surface area contributed by atoms with Crippen molar-refractivity contribution in [3.8, 4) is 0 Å². The molecule has 2 N–H and O–H groups in total. The van der Waals surface area contributed by atoms with E-state index in [9.17, 15) is 14.7 Å². The Labute approximate surface area is 130 Å². The highest BCUT2D eigenvalue weighted by molar-refractivity contribution is 7.99. The summed E-state index contributed by atoms with van der Waals surface area (Å²) in [6.07, 6.45) is 2.33. The predicted octanol–water partition coefficient (Wildman–Crippen LogP) is 1.29. The van der Waals surface area contributed by atoms with Gasteiger partial charge in [-0.05, 0) is 18.8 Å². The number of aliphatic carboxylic acids is 1. The van der Waals surface area contributed by atoms with E-state index in [4.69, 9.17) is 0 Å². The maximum atomic E-state index is 12.3. The quantitative estimate of drug-likeness (QED) is 0.773. The van der Waals surface area contributed by atoms with E-state index >= 15 is 0 Å². The molecule has 120 valence electrons. The van der Waals surface area contributed by atoms with Crippen LogP contribution in [0, 0.1) is 17.8 Å². The molecule has 1 heterocycles. The molecule has 0 aromatic heterocycles. The maximum Gasteiger partial charge on any atom is 0.307 e. The van der Waals surface area contributed by atoms with Crippen molar-refractivity contribution in [1.82, 2.24) is 10.2 Å². The lowest BCUT2D eigenvalue weighted by molar-refractivity contribution is -0.146. The highest BCUT2D eigenvalue weighted by Gasteiger charge is 2.41. The molecule has 3 unspecified atom stereocenters. The normalized spacial score (nSPS) is 30.2. The number of nitrogens with one attached hydrogen (secondary N) is 1. The van der Waals surface area contributed by atoms with E-state index in [1.54, 1.807) is 0 Å². The number of hydrogen-bond donors (Lipinski definition) is 2. The minimum Gasteiger partial charge on any atom is -0.481 e. The second-order valence-electron chi connectivity index (χ2n) is 6.04. The lowest BCUT2D eigenvalue weighted by Crippen LogP contribution is -2.42. The summed E-state index contributed by atoms with van der Waals surface area (Å²) in [5.41, 5.74) is 0. The van der Waals surface area contributed by atoms with Gasteiger partial charge < -0.3 is 10.4 Å². The van der Waals surface area contributed by atoms with Gasteiger partial charge in [0.1, 0.15) is 0 Å². The summed E-state index contributed by atoms with van der Waals surface area (Å²) in [7, 11) is 0. The molecule has 1 aliphatic heterocycles. The Hall–Kier alpha value is -0.750. The third-order valence-corrected chi connectivity index (χ3v) is 5.67. The van der Waals surface area contributed by atoms with E-state index in [1.165, 1.54) is 0 Å². The molecule has 0 aromatic rings. The van der Waals surface area contributed by atoms with Gasteiger partial charge in [0.2, 0.25) is 5.91 Å². The molecule has 1 aliphatic carbocycles. The lowest BCUT2D eigenvalue weighted by Gasteiger charge is -2.26. The zero-order chi connectivity index (χ0) is 15.2. The van der Waals surface area contributed by atoms with Crippen LogP contribution in [0.5, 0.6) is 0 Å². The van der Waals surface area contributed by atoms with Gasteiger partial charge in [-0.3, -0.25) is 14.5 Å². The van der Waals surface area contributed by atoms with Gasteiger partial charge in [0.25, 0.3) is 0 Å². The monoisotopic (exact) mass is 314 g/mol. The van der Waals surface area contributed by atoms with Crippen molar-refractivity contribution in [3.63, 3.8) is 0 Å². The van der Waals surface area contributed by atoms with Crippen LogP contribution in [0.15, 0.2) is 0 Å². The number of carbonyl (C=O) groups excluding carboxylic acids is 1. The molecule has 0 bridgehead atoms. The Morgan fingerprint density at radius 1 is 1.24 bits per heavy atom. The molecule has 1 saturated carbocycles. The summed E-state index contributed by atoms with van der Waals surface area (Å²) in [6.45, 7) is 5.73. The van der Waals surface area contributed by atoms with Crippen LogP contribution in [0.25, 0.3) is 0 Å². The topological polar surface area (TPSA) is 69.6 Å². The van der Waals surface area contributed by atoms with Gasteiger partial charge in [-0.2, -0.15) is 11.8 Å². The first kappa shape index (κ1) is 16.6. The van der Waals surface area contributed by atoms with Crippen molar-refractivity contribution < 1.29 is 14.7 Å². The van der Waals surface area contributed by atoms with Crippen molar-refractivity contribution in [2.75, 3.05) is 37.7 Å². The zero-order valence-electron chi connectivity index (χ0n) is 12.7. The molecule has 2 aliphatic rings. The second kappa shape index (κ2) is 8.03. The van der Waals surface area contributed by atoms with Crippen molar-refractivity contribution in [1.29, 1.82) is 0 Å². The summed E-state index contributed by atoms with van der Waals surface area (Å²) >= 11 is 1.97. The van der Waals surface area contributed by atoms with E-state index in [1.807, 2.05) is 11.8 Å². The van der Waals surface area contributed by atoms with Gasteiger partial charge in [0.05, 0.1) is 11.8 Å². The smallest absolute Gasteiger partial charge is 0.307 e. The maximum absolute atomic E-state index is 12.3. The standard InChI is InChI=1S/C15H26N2O3S/c1-2-11-9-12(13(10-11)15(19)20)14(18)16-3-4-17-5-7-21-8-6-17/h11-13H,2-10H2,1H3,(H,16,18)(H,19,20). The van der Waals surface area contributed by atoms with Crippen molar-refractivity contribution in [3.05, 3.63) is 0 Å². The third kappa shape index (κ3) is 4.61. The average Bonchev–Trinajstić information content (AvgIpc) is 2.93. The Bertz CT molecular complexity index is 372. The van der Waals surface area contributed by atoms with E-state index in [2.05, 4.69) is 17.1 Å². The summed E-state index contributed by atoms with van der Waals surface area (Å²) < 4.78 is 0. The summed E-state index contributed by atoms with van der Waals surface area (Å²) in [6, 6.07) is 0. The van der Waals surface area contributed by atoms with Crippen molar-refractivity contribution in [2.45, 2.75) is 26.2 Å². The molecule has 2 rings (SSSR count). The first-order valence-electron chi connectivity index (χ1n) is 7.92. The molecule has 0 spiro atoms. The molecule has 2 fully saturated rings. The van der Waals surface area contributed by atoms with Gasteiger partial charge in [0.15, 0.2) is 0 Å². The SMILES string of the molecule is CCC1CC(C(=O)O)C(C(=O)NCCN2CCSCC2)C1. The number of hydrogen-bond acceptors (Lipinski definition) is 4. The van der Waals surface area contributed by atoms with Crippen LogP contribution in [0.2, 0.25) is 0 Å². The number of carbonyl (C=O) groups is 2. The molecular formula is C15H26N2O3S. The zero-order valence-corrected chi connectivity index (χ0v) is 13.5. The number of amides is 1. The minimum absolute atomic E-state index is 0.0651. The third-order valence-electron chi connectivity index (χ3n) is 4.72. The highest BCUT2D eigenvalue weighted by Crippen LogP contribution is 2.38. The number of thioether (sulfide) groups is 1. The van der Waals surface area contributed by atoms with Crippen LogP contribution in [0.1, 0.15) is 26.2 Å². The average molecular weight is 314 g/mol. The van der Waals surface area contributed by atoms with Gasteiger partial charge >= 0.3 is 5.97 Å². The second-order valence-corrected chi connectivity index (χ2v) is 7.27. The van der Waals surface area contributed by atoms with E-state index < -0.39 is 11.9 Å². The van der Waals surface area contributed by atoms with Crippen LogP contribution < -0.4 is 5.32 Å². The molecule has 21 heavy (non-hydrogen) atoms. The van der Waals surface area contributed by atoms with E-state index in [0.29, 0.717) is 18.9 Å². The molecule has 3 atom stereocenters. The molecular weight excluding hydrogens is 288 g/mol. The largest absolute Gasteiger partial charge is 0.481 e. The molecule has 1 amide bonds. The van der Waals surface area contributed by atoms with Gasteiger partial charge in [0, 0.05) is 37.7 Å². The molecule has 6 heteroatoms. The van der Waals surface area contributed by atoms with E-state index in [0.717, 1.165) is 44.0 Å². The van der Waals surface area contributed by atoms with Crippen LogP contribution in [0.3, 0.4) is 0 Å². The summed E-state index contributed by atoms with van der Waals surface area (Å²) in [4.78, 5) is 25.9. The highest BCUT2D eigenvalue weighted by atomic mass is 32.2. The Kier molecular flexibility index (Phi) is 6.36. The van der Waals surface area contributed by atoms with Crippen molar-refractivity contribution >= 4 is 23.6 Å². The number of carboxylic acids is 1. The van der Waals surface area contributed by atoms with Crippen LogP contribution in [0.4, 0.5) is 0 Å². The fourth-order valence-electron chi connectivity index (χ4n) is 3.33. The number of carboxylic acid groups (broad SMARTS) is 1. The number of rotatable bonds is 6. The number of nitrogens with zero attached hydrogens (tertiary/aromatic N) is 1. The van der Waals surface area contributed by atoms with Crippen LogP contribution in [-0.4, -0.2) is 59.6 Å². The molecule has 5 nitrogen and oxygen atoms in total. The van der Waals surface area contributed by atoms with Gasteiger partial charge in [-0.25, -0.2) is 0 Å². The Morgan fingerprint density at radius 3 is 2.52 bits per heavy atom. The fraction of sp³-hybridized carbons (Fsp3) is 0.867. The van der Waals surface area contributed by atoms with E-state index in [-0.39, 0.29) is 11.8 Å². The first-order valence-corrected chi connectivity index (χ1v) is 9.08. The summed E-state index contributed by atoms with van der Waals surface area (Å²) in [5.74, 6) is 0.974. The van der Waals surface area contributed by atoms with Crippen LogP contribution in [-0.2, 0) is 9.59 Å². The minimum atomic E-state index is -0.820. The Balaban J connectivity index is 1.77. The molecule has 0 radical (unpaired) electrons. The fourth-order valence-corrected chi connectivity index (χ4v) is 4.31. The molecule has 1 saturated heterocycles. The predicted molar refractivity (Wildman–Crippen MR) is 84.4 cm³/mol. The van der Waals surface area contributed by atoms with Gasteiger partial charge in [-0.1, -0.05) is 13.3 Å². The van der Waals surface area contributed by atoms with Gasteiger partial charge in [-0.15, -0.1) is 0 Å². The molecule has 0 aromatic carbocycles. The summed E-state index contributed by atoms with van der Waals surface area (Å²) in [5, 5.41) is 12.2. The first-order chi connectivity index (χ1) is 10.1. The van der Waals surface area contributed by atoms with Crippen LogP contribution >= 0.6 is 11.8 Å². The Morgan fingerprint density at radius 2 is 1.90 bits per heavy atom.